The first-order valence-corrected chi connectivity index (χ1v) is 7.69. The van der Waals surface area contributed by atoms with Gasteiger partial charge < -0.3 is 5.32 Å². The molecule has 1 aliphatic rings. The minimum absolute atomic E-state index is 0.0114. The van der Waals surface area contributed by atoms with Crippen molar-refractivity contribution in [1.29, 1.82) is 5.41 Å². The molecule has 18 heavy (non-hydrogen) atoms. The third kappa shape index (κ3) is 2.27. The number of carbonyl (C=O) groups excluding carboxylic acids is 1. The molecule has 1 aliphatic heterocycles. The van der Waals surface area contributed by atoms with Crippen molar-refractivity contribution in [3.05, 3.63) is 19.4 Å². The van der Waals surface area contributed by atoms with Gasteiger partial charge >= 0.3 is 0 Å². The zero-order valence-corrected chi connectivity index (χ0v) is 13.6. The molecule has 4 nitrogen and oxygen atoms in total. The Kier molecular flexibility index (Phi) is 3.68. The molecule has 1 saturated heterocycles. The van der Waals surface area contributed by atoms with Crippen LogP contribution in [0.15, 0.2) is 6.07 Å². The highest BCUT2D eigenvalue weighted by Crippen LogP contribution is 2.36. The van der Waals surface area contributed by atoms with E-state index in [1.165, 1.54) is 13.3 Å². The Hall–Kier alpha value is -0.630. The predicted molar refractivity (Wildman–Crippen MR) is 82.0 cm³/mol. The van der Waals surface area contributed by atoms with Gasteiger partial charge in [-0.05, 0) is 47.6 Å². The molecule has 0 spiro atoms. The van der Waals surface area contributed by atoms with E-state index in [1.54, 1.807) is 18.4 Å². The van der Waals surface area contributed by atoms with Gasteiger partial charge in [-0.15, -0.1) is 11.3 Å². The van der Waals surface area contributed by atoms with Crippen LogP contribution in [0.4, 0.5) is 0 Å². The second kappa shape index (κ2) is 4.80. The first-order valence-electron chi connectivity index (χ1n) is 5.79. The number of nitrogens with one attached hydrogen (secondary N) is 2. The molecule has 0 radical (unpaired) electrons. The van der Waals surface area contributed by atoms with Gasteiger partial charge in [0.1, 0.15) is 0 Å². The van der Waals surface area contributed by atoms with Crippen molar-refractivity contribution in [2.45, 2.75) is 32.2 Å². The molecule has 0 aliphatic carbocycles. The van der Waals surface area contributed by atoms with Crippen LogP contribution in [0.2, 0.25) is 0 Å². The predicted octanol–water partition coefficient (Wildman–Crippen LogP) is 2.52. The van der Waals surface area contributed by atoms with E-state index >= 15 is 0 Å². The zero-order chi connectivity index (χ0) is 13.5. The monoisotopic (exact) mass is 377 g/mol. The summed E-state index contributed by atoms with van der Waals surface area (Å²) in [4.78, 5) is 14.4. The second-order valence-corrected chi connectivity index (χ2v) is 7.56. The normalized spacial score (nSPS) is 24.3. The number of nitrogens with zero attached hydrogens (tertiary/aromatic N) is 1. The third-order valence-electron chi connectivity index (χ3n) is 3.29. The Morgan fingerprint density at radius 2 is 2.33 bits per heavy atom. The maximum absolute atomic E-state index is 11.9. The first-order chi connectivity index (χ1) is 8.37. The molecule has 1 amide bonds. The summed E-state index contributed by atoms with van der Waals surface area (Å²) in [5.41, 5.74) is 0.870. The minimum atomic E-state index is -0.446. The van der Waals surface area contributed by atoms with Crippen LogP contribution in [0.5, 0.6) is 0 Å². The maximum Gasteiger partial charge on any atom is 0.231 e. The van der Waals surface area contributed by atoms with Crippen LogP contribution in [0, 0.1) is 8.29 Å². The molecular formula is C12H16IN3OS. The molecule has 1 aromatic heterocycles. The van der Waals surface area contributed by atoms with Crippen molar-refractivity contribution in [3.63, 3.8) is 0 Å². The van der Waals surface area contributed by atoms with E-state index in [4.69, 9.17) is 5.41 Å². The highest BCUT2D eigenvalue weighted by Gasteiger charge is 2.39. The fourth-order valence-corrected chi connectivity index (χ4v) is 4.33. The van der Waals surface area contributed by atoms with Crippen LogP contribution in [0.1, 0.15) is 30.7 Å². The Bertz CT molecular complexity index is 493. The summed E-state index contributed by atoms with van der Waals surface area (Å²) >= 11 is 4.05. The van der Waals surface area contributed by atoms with Crippen molar-refractivity contribution in [2.24, 2.45) is 0 Å². The van der Waals surface area contributed by atoms with Crippen molar-refractivity contribution in [3.8, 4) is 0 Å². The lowest BCUT2D eigenvalue weighted by atomic mass is 9.92. The lowest BCUT2D eigenvalue weighted by Crippen LogP contribution is -2.57. The van der Waals surface area contributed by atoms with Crippen molar-refractivity contribution in [2.75, 3.05) is 7.05 Å². The summed E-state index contributed by atoms with van der Waals surface area (Å²) in [6.07, 6.45) is 1.39. The fourth-order valence-electron chi connectivity index (χ4n) is 2.00. The number of aryl methyl sites for hydroxylation is 1. The van der Waals surface area contributed by atoms with Gasteiger partial charge in [0.2, 0.25) is 5.91 Å². The Labute approximate surface area is 124 Å². The molecule has 0 saturated carbocycles. The molecule has 2 N–H and O–H groups in total. The average molecular weight is 377 g/mol. The summed E-state index contributed by atoms with van der Waals surface area (Å²) < 4.78 is 1.27. The SMILES string of the molecule is CCc1cc([C@]2(C)CC(=O)N(C)C(=N)N2)sc1I. The van der Waals surface area contributed by atoms with E-state index in [0.717, 1.165) is 11.3 Å². The molecule has 0 bridgehead atoms. The smallest absolute Gasteiger partial charge is 0.231 e. The van der Waals surface area contributed by atoms with E-state index in [-0.39, 0.29) is 11.9 Å². The number of carbonyl (C=O) groups is 1. The van der Waals surface area contributed by atoms with Crippen LogP contribution in [-0.2, 0) is 16.8 Å². The summed E-state index contributed by atoms with van der Waals surface area (Å²) in [6, 6.07) is 2.16. The largest absolute Gasteiger partial charge is 0.345 e. The van der Waals surface area contributed by atoms with Gasteiger partial charge in [0.25, 0.3) is 0 Å². The standard InChI is InChI=1S/C12H16IN3OS/c1-4-7-5-8(18-10(7)13)12(2)6-9(17)16(3)11(14)15-12/h5H,4,6H2,1-3H3,(H2,14,15)/t12-/m0/s1. The number of rotatable bonds is 2. The van der Waals surface area contributed by atoms with Crippen molar-refractivity contribution < 1.29 is 4.79 Å². The van der Waals surface area contributed by atoms with Gasteiger partial charge in [0.15, 0.2) is 5.96 Å². The van der Waals surface area contributed by atoms with E-state index in [1.807, 2.05) is 6.92 Å². The Morgan fingerprint density at radius 1 is 1.67 bits per heavy atom. The molecule has 1 aromatic rings. The fraction of sp³-hybridized carbons (Fsp3) is 0.500. The molecule has 98 valence electrons. The Morgan fingerprint density at radius 3 is 2.83 bits per heavy atom. The van der Waals surface area contributed by atoms with E-state index in [9.17, 15) is 4.79 Å². The molecular weight excluding hydrogens is 361 g/mol. The van der Waals surface area contributed by atoms with E-state index < -0.39 is 5.54 Å². The van der Waals surface area contributed by atoms with Gasteiger partial charge in [-0.25, -0.2) is 0 Å². The molecule has 6 heteroatoms. The zero-order valence-electron chi connectivity index (χ0n) is 10.6. The second-order valence-electron chi connectivity index (χ2n) is 4.70. The summed E-state index contributed by atoms with van der Waals surface area (Å²) in [6.45, 7) is 4.12. The third-order valence-corrected chi connectivity index (χ3v) is 5.87. The van der Waals surface area contributed by atoms with Gasteiger partial charge in [-0.1, -0.05) is 6.92 Å². The van der Waals surface area contributed by atoms with Gasteiger partial charge in [0.05, 0.1) is 14.8 Å². The summed E-state index contributed by atoms with van der Waals surface area (Å²) in [5.74, 6) is 0.165. The average Bonchev–Trinajstić information content (AvgIpc) is 2.68. The number of hydrogen-bond donors (Lipinski definition) is 2. The van der Waals surface area contributed by atoms with Crippen LogP contribution in [-0.4, -0.2) is 23.8 Å². The molecule has 1 atom stereocenters. The van der Waals surface area contributed by atoms with Crippen LogP contribution in [0.3, 0.4) is 0 Å². The van der Waals surface area contributed by atoms with E-state index in [0.29, 0.717) is 6.42 Å². The lowest BCUT2D eigenvalue weighted by molar-refractivity contribution is -0.129. The lowest BCUT2D eigenvalue weighted by Gasteiger charge is -2.38. The maximum atomic E-state index is 11.9. The highest BCUT2D eigenvalue weighted by atomic mass is 127. The number of amides is 1. The first kappa shape index (κ1) is 13.8. The van der Waals surface area contributed by atoms with Gasteiger partial charge in [0, 0.05) is 11.9 Å². The van der Waals surface area contributed by atoms with Crippen molar-refractivity contribution >= 4 is 45.8 Å². The molecule has 2 heterocycles. The quantitative estimate of drug-likeness (QED) is 0.779. The minimum Gasteiger partial charge on any atom is -0.345 e. The van der Waals surface area contributed by atoms with Crippen molar-refractivity contribution in [1.82, 2.24) is 10.2 Å². The Balaban J connectivity index is 2.36. The molecule has 0 aromatic carbocycles. The summed E-state index contributed by atoms with van der Waals surface area (Å²) in [5, 5.41) is 11.0. The molecule has 1 fully saturated rings. The van der Waals surface area contributed by atoms with Crippen LogP contribution >= 0.6 is 33.9 Å². The highest BCUT2D eigenvalue weighted by molar-refractivity contribution is 14.1. The number of hydrogen-bond acceptors (Lipinski definition) is 3. The summed E-state index contributed by atoms with van der Waals surface area (Å²) in [7, 11) is 1.63. The number of guanidine groups is 1. The van der Waals surface area contributed by atoms with E-state index in [2.05, 4.69) is 40.9 Å². The molecule has 2 rings (SSSR count). The van der Waals surface area contributed by atoms with Crippen LogP contribution < -0.4 is 5.32 Å². The topological polar surface area (TPSA) is 56.2 Å². The van der Waals surface area contributed by atoms with Crippen LogP contribution in [0.25, 0.3) is 0 Å². The van der Waals surface area contributed by atoms with Gasteiger partial charge in [-0.2, -0.15) is 0 Å². The molecule has 0 unspecified atom stereocenters. The number of thiophene rings is 1. The number of halogens is 1. The van der Waals surface area contributed by atoms with Gasteiger partial charge in [-0.3, -0.25) is 15.1 Å².